The Balaban J connectivity index is 1.40. The molecule has 4 bridgehead atoms. The fourth-order valence-electron chi connectivity index (χ4n) is 6.64. The first-order valence-corrected chi connectivity index (χ1v) is 10.8. The highest BCUT2D eigenvalue weighted by molar-refractivity contribution is 5.83. The molecular formula is C22H36N2O2. The van der Waals surface area contributed by atoms with Gasteiger partial charge in [-0.1, -0.05) is 20.8 Å². The molecule has 0 spiro atoms. The van der Waals surface area contributed by atoms with Gasteiger partial charge in [-0.25, -0.2) is 0 Å². The Bertz CT molecular complexity index is 542. The van der Waals surface area contributed by atoms with Gasteiger partial charge in [-0.3, -0.25) is 9.59 Å². The molecule has 5 aliphatic rings. The molecule has 26 heavy (non-hydrogen) atoms. The highest BCUT2D eigenvalue weighted by atomic mass is 16.2. The van der Waals surface area contributed by atoms with Crippen LogP contribution in [-0.4, -0.2) is 47.8 Å². The van der Waals surface area contributed by atoms with E-state index in [1.165, 1.54) is 19.3 Å². The van der Waals surface area contributed by atoms with Crippen LogP contribution in [0, 0.1) is 28.6 Å². The first-order chi connectivity index (χ1) is 12.2. The molecule has 4 heteroatoms. The molecule has 0 N–H and O–H groups in total. The van der Waals surface area contributed by atoms with Crippen molar-refractivity contribution in [3.8, 4) is 0 Å². The van der Waals surface area contributed by atoms with Gasteiger partial charge in [0.2, 0.25) is 11.8 Å². The van der Waals surface area contributed by atoms with Crippen LogP contribution in [0.4, 0.5) is 0 Å². The first-order valence-electron chi connectivity index (χ1n) is 10.8. The van der Waals surface area contributed by atoms with E-state index in [4.69, 9.17) is 0 Å². The van der Waals surface area contributed by atoms with Crippen molar-refractivity contribution in [2.75, 3.05) is 26.2 Å². The molecule has 2 amide bonds. The smallest absolute Gasteiger partial charge is 0.228 e. The van der Waals surface area contributed by atoms with Gasteiger partial charge in [-0.15, -0.1) is 0 Å². The molecule has 5 rings (SSSR count). The van der Waals surface area contributed by atoms with Crippen molar-refractivity contribution in [3.05, 3.63) is 0 Å². The second-order valence-corrected chi connectivity index (χ2v) is 11.0. The Kier molecular flexibility index (Phi) is 4.60. The average Bonchev–Trinajstić information content (AvgIpc) is 2.77. The molecule has 4 aliphatic carbocycles. The van der Waals surface area contributed by atoms with Crippen molar-refractivity contribution in [1.82, 2.24) is 9.80 Å². The zero-order chi connectivity index (χ0) is 18.5. The topological polar surface area (TPSA) is 40.6 Å². The molecule has 5 fully saturated rings. The predicted molar refractivity (Wildman–Crippen MR) is 102 cm³/mol. The minimum Gasteiger partial charge on any atom is -0.341 e. The van der Waals surface area contributed by atoms with E-state index in [-0.39, 0.29) is 16.7 Å². The van der Waals surface area contributed by atoms with Crippen LogP contribution in [0.5, 0.6) is 0 Å². The molecule has 0 aromatic heterocycles. The summed E-state index contributed by atoms with van der Waals surface area (Å²) in [5.41, 5.74) is -0.0164. The number of amides is 2. The Hall–Kier alpha value is -1.06. The summed E-state index contributed by atoms with van der Waals surface area (Å²) in [6, 6.07) is 0. The van der Waals surface area contributed by atoms with Gasteiger partial charge >= 0.3 is 0 Å². The van der Waals surface area contributed by atoms with Gasteiger partial charge in [0, 0.05) is 32.6 Å². The summed E-state index contributed by atoms with van der Waals surface area (Å²) < 4.78 is 0. The standard InChI is InChI=1S/C22H36N2O2/c1-21(2,3)15-19(25)23-5-4-6-24(8-7-23)20(26)22-12-16-9-17(13-22)11-18(10-16)14-22/h16-18H,4-15H2,1-3H3. The van der Waals surface area contributed by atoms with E-state index in [1.807, 2.05) is 4.90 Å². The third kappa shape index (κ3) is 3.53. The molecule has 0 atom stereocenters. The van der Waals surface area contributed by atoms with E-state index in [2.05, 4.69) is 25.7 Å². The lowest BCUT2D eigenvalue weighted by atomic mass is 9.49. The van der Waals surface area contributed by atoms with Crippen molar-refractivity contribution in [2.45, 2.75) is 72.1 Å². The van der Waals surface area contributed by atoms with E-state index < -0.39 is 0 Å². The molecule has 0 aromatic carbocycles. The normalized spacial score (nSPS) is 37.0. The van der Waals surface area contributed by atoms with Gasteiger partial charge < -0.3 is 9.80 Å². The lowest BCUT2D eigenvalue weighted by molar-refractivity contribution is -0.157. The maximum atomic E-state index is 13.5. The van der Waals surface area contributed by atoms with E-state index in [0.717, 1.165) is 63.1 Å². The van der Waals surface area contributed by atoms with Gasteiger partial charge in [0.1, 0.15) is 0 Å². The van der Waals surface area contributed by atoms with Crippen LogP contribution in [0.3, 0.4) is 0 Å². The zero-order valence-electron chi connectivity index (χ0n) is 16.9. The maximum Gasteiger partial charge on any atom is 0.228 e. The number of hydrogen-bond acceptors (Lipinski definition) is 2. The molecule has 1 aliphatic heterocycles. The summed E-state index contributed by atoms with van der Waals surface area (Å²) in [5.74, 6) is 3.11. The fraction of sp³-hybridized carbons (Fsp3) is 0.909. The number of carbonyl (C=O) groups excluding carboxylic acids is 2. The van der Waals surface area contributed by atoms with Crippen molar-refractivity contribution in [3.63, 3.8) is 0 Å². The molecular weight excluding hydrogens is 324 g/mol. The summed E-state index contributed by atoms with van der Waals surface area (Å²) in [5, 5.41) is 0. The highest BCUT2D eigenvalue weighted by Crippen LogP contribution is 2.60. The number of rotatable bonds is 2. The molecule has 0 unspecified atom stereocenters. The molecule has 4 nitrogen and oxygen atoms in total. The monoisotopic (exact) mass is 360 g/mol. The van der Waals surface area contributed by atoms with E-state index in [0.29, 0.717) is 18.9 Å². The Morgan fingerprint density at radius 3 is 1.88 bits per heavy atom. The van der Waals surface area contributed by atoms with Gasteiger partial charge in [-0.2, -0.15) is 0 Å². The Labute approximate surface area is 158 Å². The maximum absolute atomic E-state index is 13.5. The summed E-state index contributed by atoms with van der Waals surface area (Å²) in [6.07, 6.45) is 9.07. The van der Waals surface area contributed by atoms with Gasteiger partial charge in [0.15, 0.2) is 0 Å². The van der Waals surface area contributed by atoms with Crippen LogP contribution in [0.15, 0.2) is 0 Å². The summed E-state index contributed by atoms with van der Waals surface area (Å²) >= 11 is 0. The van der Waals surface area contributed by atoms with Crippen LogP contribution < -0.4 is 0 Å². The molecule has 1 heterocycles. The Morgan fingerprint density at radius 1 is 0.846 bits per heavy atom. The summed E-state index contributed by atoms with van der Waals surface area (Å²) in [7, 11) is 0. The Morgan fingerprint density at radius 2 is 1.35 bits per heavy atom. The average molecular weight is 361 g/mol. The number of nitrogens with zero attached hydrogens (tertiary/aromatic N) is 2. The summed E-state index contributed by atoms with van der Waals surface area (Å²) in [6.45, 7) is 9.44. The third-order valence-corrected chi connectivity index (χ3v) is 7.31. The molecule has 0 radical (unpaired) electrons. The molecule has 1 saturated heterocycles. The van der Waals surface area contributed by atoms with E-state index in [9.17, 15) is 9.59 Å². The van der Waals surface area contributed by atoms with Crippen LogP contribution in [-0.2, 0) is 9.59 Å². The third-order valence-electron chi connectivity index (χ3n) is 7.31. The van der Waals surface area contributed by atoms with Crippen LogP contribution >= 0.6 is 0 Å². The predicted octanol–water partition coefficient (Wildman–Crippen LogP) is 3.70. The van der Waals surface area contributed by atoms with E-state index >= 15 is 0 Å². The van der Waals surface area contributed by atoms with E-state index in [1.54, 1.807) is 0 Å². The highest BCUT2D eigenvalue weighted by Gasteiger charge is 2.55. The SMILES string of the molecule is CC(C)(C)CC(=O)N1CCCN(C(=O)C23CC4CC(CC(C4)C2)C3)CC1. The molecule has 146 valence electrons. The lowest BCUT2D eigenvalue weighted by Gasteiger charge is -2.56. The second kappa shape index (κ2) is 6.53. The van der Waals surface area contributed by atoms with Crippen molar-refractivity contribution < 1.29 is 9.59 Å². The second-order valence-electron chi connectivity index (χ2n) is 11.0. The van der Waals surface area contributed by atoms with Gasteiger partial charge in [0.25, 0.3) is 0 Å². The number of hydrogen-bond donors (Lipinski definition) is 0. The van der Waals surface area contributed by atoms with Crippen molar-refractivity contribution >= 4 is 11.8 Å². The van der Waals surface area contributed by atoms with Gasteiger partial charge in [0.05, 0.1) is 5.41 Å². The quantitative estimate of drug-likeness (QED) is 0.753. The fourth-order valence-corrected chi connectivity index (χ4v) is 6.64. The van der Waals surface area contributed by atoms with Crippen LogP contribution in [0.25, 0.3) is 0 Å². The molecule has 0 aromatic rings. The van der Waals surface area contributed by atoms with Crippen molar-refractivity contribution in [1.29, 1.82) is 0 Å². The zero-order valence-corrected chi connectivity index (χ0v) is 16.9. The first kappa shape index (κ1) is 18.3. The minimum absolute atomic E-state index is 0.0259. The largest absolute Gasteiger partial charge is 0.341 e. The van der Waals surface area contributed by atoms with Crippen LogP contribution in [0.1, 0.15) is 72.1 Å². The van der Waals surface area contributed by atoms with Crippen LogP contribution in [0.2, 0.25) is 0 Å². The summed E-state index contributed by atoms with van der Waals surface area (Å²) in [4.78, 5) is 30.2. The van der Waals surface area contributed by atoms with Crippen molar-refractivity contribution in [2.24, 2.45) is 28.6 Å². The van der Waals surface area contributed by atoms with Gasteiger partial charge in [-0.05, 0) is 68.1 Å². The molecule has 4 saturated carbocycles. The number of carbonyl (C=O) groups is 2. The minimum atomic E-state index is -0.0423. The lowest BCUT2D eigenvalue weighted by Crippen LogP contribution is -2.55.